The van der Waals surface area contributed by atoms with Crippen LogP contribution < -0.4 is 4.74 Å². The number of ether oxygens (including phenoxy) is 1. The number of carbonyl (C=O) groups excluding carboxylic acids is 1. The van der Waals surface area contributed by atoms with Gasteiger partial charge >= 0.3 is 5.97 Å². The molecule has 0 amide bonds. The molecule has 202 valence electrons. The Morgan fingerprint density at radius 2 is 1.10 bits per heavy atom. The first-order valence-corrected chi connectivity index (χ1v) is 13.9. The molecule has 0 aliphatic carbocycles. The topological polar surface area (TPSA) is 26.3 Å². The molecule has 0 aliphatic rings. The average Bonchev–Trinajstić information content (AvgIpc) is 2.99. The monoisotopic (exact) mass is 534 g/mol. The maximum Gasteiger partial charge on any atom is 0.338 e. The zero-order valence-electron chi connectivity index (χ0n) is 23.8. The van der Waals surface area contributed by atoms with E-state index in [9.17, 15) is 4.79 Å². The smallest absolute Gasteiger partial charge is 0.338 e. The molecule has 5 rings (SSSR count). The fourth-order valence-electron chi connectivity index (χ4n) is 4.89. The lowest BCUT2D eigenvalue weighted by Gasteiger charge is -2.20. The Morgan fingerprint density at radius 1 is 0.634 bits per heavy atom. The fourth-order valence-corrected chi connectivity index (χ4v) is 4.89. The Morgan fingerprint density at radius 3 is 1.59 bits per heavy atom. The third-order valence-corrected chi connectivity index (χ3v) is 7.21. The van der Waals surface area contributed by atoms with E-state index in [1.807, 2.05) is 42.5 Å². The third kappa shape index (κ3) is 6.80. The van der Waals surface area contributed by atoms with Crippen LogP contribution >= 0.6 is 0 Å². The minimum atomic E-state index is -0.425. The first kappa shape index (κ1) is 27.6. The van der Waals surface area contributed by atoms with Crippen LogP contribution in [0.2, 0.25) is 0 Å². The summed E-state index contributed by atoms with van der Waals surface area (Å²) in [6, 6.07) is 44.5. The van der Waals surface area contributed by atoms with Crippen LogP contribution in [0.25, 0.3) is 11.6 Å². The van der Waals surface area contributed by atoms with Crippen molar-refractivity contribution >= 4 is 17.6 Å². The molecular formula is C39H34O2. The number of rotatable bonds is 8. The Bertz CT molecular complexity index is 1610. The number of hydrogen-bond donors (Lipinski definition) is 0. The predicted molar refractivity (Wildman–Crippen MR) is 170 cm³/mol. The third-order valence-electron chi connectivity index (χ3n) is 7.21. The van der Waals surface area contributed by atoms with Crippen LogP contribution in [0.4, 0.5) is 0 Å². The van der Waals surface area contributed by atoms with Gasteiger partial charge in [0.05, 0.1) is 0 Å². The van der Waals surface area contributed by atoms with Crippen molar-refractivity contribution in [1.29, 1.82) is 0 Å². The Kier molecular flexibility index (Phi) is 8.41. The van der Waals surface area contributed by atoms with Gasteiger partial charge in [-0.1, -0.05) is 133 Å². The number of carbonyl (C=O) groups is 1. The average molecular weight is 535 g/mol. The van der Waals surface area contributed by atoms with Gasteiger partial charge in [0.1, 0.15) is 5.75 Å². The van der Waals surface area contributed by atoms with Gasteiger partial charge in [0, 0.05) is 11.5 Å². The van der Waals surface area contributed by atoms with Crippen LogP contribution in [0, 0.1) is 13.8 Å². The van der Waals surface area contributed by atoms with E-state index >= 15 is 0 Å². The van der Waals surface area contributed by atoms with Crippen molar-refractivity contribution in [2.24, 2.45) is 0 Å². The Hall–Kier alpha value is -4.95. The van der Waals surface area contributed by atoms with Crippen LogP contribution in [0.1, 0.15) is 57.3 Å². The first-order chi connectivity index (χ1) is 19.9. The highest BCUT2D eigenvalue weighted by Crippen LogP contribution is 2.34. The van der Waals surface area contributed by atoms with Crippen LogP contribution in [-0.4, -0.2) is 5.97 Å². The standard InChI is InChI=1S/C39H34O2/c1-27(2)39(40)41-36-24-22-32(23-25-36)37(31-8-6-5-7-9-31)26-30-14-20-35(21-15-30)38(33-16-10-28(3)11-17-33)34-18-12-29(4)13-19-34/h5-26,38H,1H2,2-4H3/b37-26-. The summed E-state index contributed by atoms with van der Waals surface area (Å²) in [7, 11) is 0. The van der Waals surface area contributed by atoms with Crippen LogP contribution in [-0.2, 0) is 4.79 Å². The van der Waals surface area contributed by atoms with Gasteiger partial charge in [-0.3, -0.25) is 0 Å². The Labute approximate surface area is 243 Å². The maximum absolute atomic E-state index is 11.9. The summed E-state index contributed by atoms with van der Waals surface area (Å²) >= 11 is 0. The summed E-state index contributed by atoms with van der Waals surface area (Å²) in [5, 5.41) is 0. The van der Waals surface area contributed by atoms with Gasteiger partial charge in [0.25, 0.3) is 0 Å². The van der Waals surface area contributed by atoms with Crippen molar-refractivity contribution in [1.82, 2.24) is 0 Å². The minimum absolute atomic E-state index is 0.150. The lowest BCUT2D eigenvalue weighted by Crippen LogP contribution is -2.08. The van der Waals surface area contributed by atoms with Crippen LogP contribution in [0.3, 0.4) is 0 Å². The van der Waals surface area contributed by atoms with Crippen LogP contribution in [0.5, 0.6) is 5.75 Å². The van der Waals surface area contributed by atoms with Crippen molar-refractivity contribution in [3.63, 3.8) is 0 Å². The molecule has 0 N–H and O–H groups in total. The molecule has 0 aromatic heterocycles. The molecule has 0 saturated carbocycles. The largest absolute Gasteiger partial charge is 0.423 e. The summed E-state index contributed by atoms with van der Waals surface area (Å²) in [5.41, 5.74) is 11.0. The van der Waals surface area contributed by atoms with Gasteiger partial charge in [0.2, 0.25) is 0 Å². The van der Waals surface area contributed by atoms with E-state index in [0.717, 1.165) is 22.3 Å². The highest BCUT2D eigenvalue weighted by Gasteiger charge is 2.17. The van der Waals surface area contributed by atoms with Gasteiger partial charge in [-0.05, 0) is 77.9 Å². The molecule has 5 aromatic carbocycles. The van der Waals surface area contributed by atoms with E-state index in [2.05, 4.69) is 111 Å². The molecule has 0 fully saturated rings. The molecular weight excluding hydrogens is 500 g/mol. The molecule has 41 heavy (non-hydrogen) atoms. The Balaban J connectivity index is 1.50. The summed E-state index contributed by atoms with van der Waals surface area (Å²) in [6.45, 7) is 9.55. The quantitative estimate of drug-likeness (QED) is 0.0651. The first-order valence-electron chi connectivity index (χ1n) is 13.9. The summed E-state index contributed by atoms with van der Waals surface area (Å²) in [4.78, 5) is 11.9. The van der Waals surface area contributed by atoms with E-state index < -0.39 is 5.97 Å². The molecule has 0 atom stereocenters. The predicted octanol–water partition coefficient (Wildman–Crippen LogP) is 9.55. The molecule has 2 nitrogen and oxygen atoms in total. The van der Waals surface area contributed by atoms with Gasteiger partial charge < -0.3 is 4.74 Å². The molecule has 0 unspecified atom stereocenters. The van der Waals surface area contributed by atoms with Crippen LogP contribution in [0.15, 0.2) is 140 Å². The van der Waals surface area contributed by atoms with E-state index in [0.29, 0.717) is 11.3 Å². The SMILES string of the molecule is C=C(C)C(=O)Oc1ccc(/C(=C\c2ccc(C(c3ccc(C)cc3)c3ccc(C)cc3)cc2)c2ccccc2)cc1. The minimum Gasteiger partial charge on any atom is -0.423 e. The lowest BCUT2D eigenvalue weighted by molar-refractivity contribution is -0.130. The normalized spacial score (nSPS) is 11.4. The molecule has 0 saturated heterocycles. The van der Waals surface area contributed by atoms with Gasteiger partial charge in [-0.25, -0.2) is 4.79 Å². The number of benzene rings is 5. The van der Waals surface area contributed by atoms with E-state index in [4.69, 9.17) is 4.74 Å². The fraction of sp³-hybridized carbons (Fsp3) is 0.103. The molecule has 0 bridgehead atoms. The lowest BCUT2D eigenvalue weighted by atomic mass is 9.84. The second kappa shape index (κ2) is 12.5. The van der Waals surface area contributed by atoms with E-state index in [1.165, 1.54) is 27.8 Å². The maximum atomic E-state index is 11.9. The van der Waals surface area contributed by atoms with Gasteiger partial charge in [0.15, 0.2) is 0 Å². The summed E-state index contributed by atoms with van der Waals surface area (Å²) in [5.74, 6) is 0.222. The highest BCUT2D eigenvalue weighted by atomic mass is 16.5. The molecule has 2 heteroatoms. The zero-order valence-corrected chi connectivity index (χ0v) is 23.8. The molecule has 5 aromatic rings. The number of hydrogen-bond acceptors (Lipinski definition) is 2. The molecule has 0 heterocycles. The van der Waals surface area contributed by atoms with Crippen molar-refractivity contribution in [3.8, 4) is 5.75 Å². The van der Waals surface area contributed by atoms with E-state index in [-0.39, 0.29) is 5.92 Å². The van der Waals surface area contributed by atoms with Crippen molar-refractivity contribution in [2.75, 3.05) is 0 Å². The van der Waals surface area contributed by atoms with Crippen molar-refractivity contribution in [2.45, 2.75) is 26.7 Å². The highest BCUT2D eigenvalue weighted by molar-refractivity contribution is 5.92. The number of aryl methyl sites for hydroxylation is 2. The van der Waals surface area contributed by atoms with Gasteiger partial charge in [-0.2, -0.15) is 0 Å². The molecule has 0 radical (unpaired) electrons. The molecule has 0 spiro atoms. The zero-order chi connectivity index (χ0) is 28.8. The summed E-state index contributed by atoms with van der Waals surface area (Å²) in [6.07, 6.45) is 2.21. The second-order valence-electron chi connectivity index (χ2n) is 10.5. The van der Waals surface area contributed by atoms with Gasteiger partial charge in [-0.15, -0.1) is 0 Å². The second-order valence-corrected chi connectivity index (χ2v) is 10.5. The van der Waals surface area contributed by atoms with Crippen molar-refractivity contribution < 1.29 is 9.53 Å². The molecule has 0 aliphatic heterocycles. The van der Waals surface area contributed by atoms with Crippen molar-refractivity contribution in [3.05, 3.63) is 184 Å². The number of esters is 1. The van der Waals surface area contributed by atoms with E-state index in [1.54, 1.807) is 6.92 Å². The summed E-state index contributed by atoms with van der Waals surface area (Å²) < 4.78 is 5.40.